The number of aromatic nitrogens is 1. The summed E-state index contributed by atoms with van der Waals surface area (Å²) in [6.07, 6.45) is 2.51. The van der Waals surface area contributed by atoms with Crippen molar-refractivity contribution in [2.75, 3.05) is 23.7 Å². The van der Waals surface area contributed by atoms with Crippen molar-refractivity contribution < 1.29 is 4.79 Å². The van der Waals surface area contributed by atoms with Gasteiger partial charge in [-0.2, -0.15) is 0 Å². The first kappa shape index (κ1) is 10.7. The number of nitrogen functional groups attached to an aromatic ring is 1. The maximum atomic E-state index is 11.7. The lowest BCUT2D eigenvalue weighted by Gasteiger charge is -2.36. The summed E-state index contributed by atoms with van der Waals surface area (Å²) in [7, 11) is 0. The van der Waals surface area contributed by atoms with E-state index in [0.29, 0.717) is 12.4 Å². The van der Waals surface area contributed by atoms with E-state index in [2.05, 4.69) is 15.2 Å². The molecule has 1 aliphatic rings. The Morgan fingerprint density at radius 2 is 2.44 bits per heavy atom. The minimum absolute atomic E-state index is 0.0885. The Kier molecular flexibility index (Phi) is 2.94. The highest BCUT2D eigenvalue weighted by molar-refractivity contribution is 5.86. The number of pyridine rings is 1. The van der Waals surface area contributed by atoms with Crippen LogP contribution in [-0.2, 0) is 4.79 Å². The van der Waals surface area contributed by atoms with E-state index in [1.807, 2.05) is 13.0 Å². The normalized spacial score (nSPS) is 20.7. The van der Waals surface area contributed by atoms with Gasteiger partial charge in [-0.25, -0.2) is 4.98 Å². The fourth-order valence-electron chi connectivity index (χ4n) is 2.00. The van der Waals surface area contributed by atoms with Gasteiger partial charge in [-0.05, 0) is 18.6 Å². The molecule has 86 valence electrons. The van der Waals surface area contributed by atoms with Gasteiger partial charge >= 0.3 is 0 Å². The lowest BCUT2D eigenvalue weighted by atomic mass is 10.1. The Hall–Kier alpha value is -1.78. The van der Waals surface area contributed by atoms with Crippen LogP contribution in [0.4, 0.5) is 11.5 Å². The Bertz CT molecular complexity index is 376. The van der Waals surface area contributed by atoms with Gasteiger partial charge in [-0.3, -0.25) is 4.79 Å². The van der Waals surface area contributed by atoms with E-state index in [9.17, 15) is 4.79 Å². The van der Waals surface area contributed by atoms with Crippen LogP contribution >= 0.6 is 0 Å². The molecule has 1 saturated heterocycles. The SMILES string of the molecule is CCC1C(=O)NCCN1c1ccc(N)nc1. The topological polar surface area (TPSA) is 71.2 Å². The number of piperazine rings is 1. The summed E-state index contributed by atoms with van der Waals surface area (Å²) in [4.78, 5) is 17.8. The molecule has 2 rings (SSSR count). The summed E-state index contributed by atoms with van der Waals surface area (Å²) in [5, 5.41) is 2.87. The van der Waals surface area contributed by atoms with Gasteiger partial charge < -0.3 is 16.0 Å². The Labute approximate surface area is 94.6 Å². The van der Waals surface area contributed by atoms with Crippen molar-refractivity contribution in [3.63, 3.8) is 0 Å². The second-order valence-electron chi connectivity index (χ2n) is 3.85. The van der Waals surface area contributed by atoms with Crippen LogP contribution in [0.5, 0.6) is 0 Å². The summed E-state index contributed by atoms with van der Waals surface area (Å²) in [6.45, 7) is 3.50. The molecule has 0 spiro atoms. The minimum Gasteiger partial charge on any atom is -0.384 e. The van der Waals surface area contributed by atoms with Gasteiger partial charge in [0.15, 0.2) is 0 Å². The smallest absolute Gasteiger partial charge is 0.242 e. The van der Waals surface area contributed by atoms with Crippen LogP contribution < -0.4 is 16.0 Å². The molecule has 5 nitrogen and oxygen atoms in total. The first-order valence-corrected chi connectivity index (χ1v) is 5.48. The number of nitrogens with two attached hydrogens (primary N) is 1. The molecule has 3 N–H and O–H groups in total. The van der Waals surface area contributed by atoms with Crippen LogP contribution in [0.2, 0.25) is 0 Å². The Morgan fingerprint density at radius 3 is 3.06 bits per heavy atom. The first-order chi connectivity index (χ1) is 7.72. The molecule has 1 aromatic heterocycles. The molecular weight excluding hydrogens is 204 g/mol. The van der Waals surface area contributed by atoms with Crippen molar-refractivity contribution in [1.82, 2.24) is 10.3 Å². The van der Waals surface area contributed by atoms with Gasteiger partial charge in [-0.1, -0.05) is 6.92 Å². The monoisotopic (exact) mass is 220 g/mol. The number of carbonyl (C=O) groups is 1. The van der Waals surface area contributed by atoms with Gasteiger partial charge in [0.1, 0.15) is 11.9 Å². The second-order valence-corrected chi connectivity index (χ2v) is 3.85. The number of amides is 1. The standard InChI is InChI=1S/C11H16N4O/c1-2-9-11(16)13-5-6-15(9)8-3-4-10(12)14-7-8/h3-4,7,9H,2,5-6H2,1H3,(H2,12,14)(H,13,16). The number of carbonyl (C=O) groups excluding carboxylic acids is 1. The number of anilines is 2. The van der Waals surface area contributed by atoms with Gasteiger partial charge in [0, 0.05) is 13.1 Å². The summed E-state index contributed by atoms with van der Waals surface area (Å²) >= 11 is 0. The molecule has 5 heteroatoms. The molecule has 1 amide bonds. The van der Waals surface area contributed by atoms with E-state index in [1.54, 1.807) is 12.3 Å². The molecule has 0 aromatic carbocycles. The highest BCUT2D eigenvalue weighted by Gasteiger charge is 2.28. The first-order valence-electron chi connectivity index (χ1n) is 5.48. The molecular formula is C11H16N4O. The average molecular weight is 220 g/mol. The van der Waals surface area contributed by atoms with Crippen molar-refractivity contribution in [3.8, 4) is 0 Å². The van der Waals surface area contributed by atoms with Crippen LogP contribution in [0.25, 0.3) is 0 Å². The summed E-state index contributed by atoms with van der Waals surface area (Å²) in [6, 6.07) is 3.57. The van der Waals surface area contributed by atoms with E-state index in [4.69, 9.17) is 5.73 Å². The molecule has 1 unspecified atom stereocenters. The van der Waals surface area contributed by atoms with Crippen molar-refractivity contribution in [2.45, 2.75) is 19.4 Å². The molecule has 1 fully saturated rings. The molecule has 2 heterocycles. The number of nitrogens with one attached hydrogen (secondary N) is 1. The number of rotatable bonds is 2. The zero-order valence-electron chi connectivity index (χ0n) is 9.31. The summed E-state index contributed by atoms with van der Waals surface area (Å²) < 4.78 is 0. The molecule has 1 atom stereocenters. The molecule has 0 aliphatic carbocycles. The molecule has 1 aliphatic heterocycles. The maximum Gasteiger partial charge on any atom is 0.242 e. The zero-order chi connectivity index (χ0) is 11.5. The lowest BCUT2D eigenvalue weighted by Crippen LogP contribution is -2.55. The lowest BCUT2D eigenvalue weighted by molar-refractivity contribution is -0.123. The summed E-state index contributed by atoms with van der Waals surface area (Å²) in [5.74, 6) is 0.587. The molecule has 16 heavy (non-hydrogen) atoms. The molecule has 0 saturated carbocycles. The fourth-order valence-corrected chi connectivity index (χ4v) is 2.00. The van der Waals surface area contributed by atoms with E-state index >= 15 is 0 Å². The molecule has 1 aromatic rings. The van der Waals surface area contributed by atoms with Gasteiger partial charge in [0.25, 0.3) is 0 Å². The Morgan fingerprint density at radius 1 is 1.62 bits per heavy atom. The number of hydrogen-bond acceptors (Lipinski definition) is 4. The summed E-state index contributed by atoms with van der Waals surface area (Å²) in [5.41, 5.74) is 6.50. The van der Waals surface area contributed by atoms with Crippen molar-refractivity contribution in [3.05, 3.63) is 18.3 Å². The second kappa shape index (κ2) is 4.38. The number of hydrogen-bond donors (Lipinski definition) is 2. The van der Waals surface area contributed by atoms with Crippen LogP contribution in [0.15, 0.2) is 18.3 Å². The highest BCUT2D eigenvalue weighted by Crippen LogP contribution is 2.20. The van der Waals surface area contributed by atoms with E-state index in [1.165, 1.54) is 0 Å². The van der Waals surface area contributed by atoms with Crippen molar-refractivity contribution in [2.24, 2.45) is 0 Å². The van der Waals surface area contributed by atoms with Crippen LogP contribution in [-0.4, -0.2) is 30.0 Å². The van der Waals surface area contributed by atoms with Gasteiger partial charge in [0.05, 0.1) is 11.9 Å². The third-order valence-electron chi connectivity index (χ3n) is 2.82. The van der Waals surface area contributed by atoms with Crippen LogP contribution in [0, 0.1) is 0 Å². The minimum atomic E-state index is -0.0980. The largest absolute Gasteiger partial charge is 0.384 e. The van der Waals surface area contributed by atoms with Gasteiger partial charge in [0.2, 0.25) is 5.91 Å². The third-order valence-corrected chi connectivity index (χ3v) is 2.82. The fraction of sp³-hybridized carbons (Fsp3) is 0.455. The quantitative estimate of drug-likeness (QED) is 0.755. The predicted molar refractivity (Wildman–Crippen MR) is 63.1 cm³/mol. The zero-order valence-corrected chi connectivity index (χ0v) is 9.31. The van der Waals surface area contributed by atoms with Crippen molar-refractivity contribution >= 4 is 17.4 Å². The number of nitrogens with zero attached hydrogens (tertiary/aromatic N) is 2. The van der Waals surface area contributed by atoms with E-state index in [0.717, 1.165) is 18.7 Å². The molecule has 0 bridgehead atoms. The highest BCUT2D eigenvalue weighted by atomic mass is 16.2. The molecule has 0 radical (unpaired) electrons. The van der Waals surface area contributed by atoms with Crippen molar-refractivity contribution in [1.29, 1.82) is 0 Å². The predicted octanol–water partition coefficient (Wildman–Crippen LogP) is 0.379. The van der Waals surface area contributed by atoms with Crippen LogP contribution in [0.3, 0.4) is 0 Å². The average Bonchev–Trinajstić information content (AvgIpc) is 2.30. The third kappa shape index (κ3) is 1.93. The Balaban J connectivity index is 2.24. The van der Waals surface area contributed by atoms with E-state index < -0.39 is 0 Å². The maximum absolute atomic E-state index is 11.7. The van der Waals surface area contributed by atoms with E-state index in [-0.39, 0.29) is 11.9 Å². The van der Waals surface area contributed by atoms with Gasteiger partial charge in [-0.15, -0.1) is 0 Å². The van der Waals surface area contributed by atoms with Crippen LogP contribution in [0.1, 0.15) is 13.3 Å².